The van der Waals surface area contributed by atoms with Gasteiger partial charge in [-0.1, -0.05) is 63.2 Å². The van der Waals surface area contributed by atoms with Crippen LogP contribution in [0.2, 0.25) is 0 Å². The quantitative estimate of drug-likeness (QED) is 0.687. The number of aromatic nitrogens is 1. The molecule has 0 bridgehead atoms. The molecule has 160 valence electrons. The molecule has 2 aliphatic heterocycles. The summed E-state index contributed by atoms with van der Waals surface area (Å²) < 4.78 is 0. The Labute approximate surface area is 183 Å². The van der Waals surface area contributed by atoms with Crippen molar-refractivity contribution in [2.45, 2.75) is 51.6 Å². The fourth-order valence-corrected chi connectivity index (χ4v) is 5.19. The van der Waals surface area contributed by atoms with Crippen molar-refractivity contribution in [2.75, 3.05) is 13.1 Å². The van der Waals surface area contributed by atoms with Gasteiger partial charge >= 0.3 is 0 Å². The van der Waals surface area contributed by atoms with Gasteiger partial charge in [0.1, 0.15) is 6.04 Å². The Morgan fingerprint density at radius 2 is 1.81 bits per heavy atom. The number of rotatable bonds is 4. The zero-order chi connectivity index (χ0) is 21.7. The summed E-state index contributed by atoms with van der Waals surface area (Å²) in [5.41, 5.74) is 5.57. The first-order valence-corrected chi connectivity index (χ1v) is 11.3. The highest BCUT2D eigenvalue weighted by atomic mass is 16.2. The predicted molar refractivity (Wildman–Crippen MR) is 122 cm³/mol. The van der Waals surface area contributed by atoms with Gasteiger partial charge in [-0.25, -0.2) is 0 Å². The van der Waals surface area contributed by atoms with Crippen LogP contribution in [0.15, 0.2) is 48.5 Å². The minimum absolute atomic E-state index is 0.0280. The Balaban J connectivity index is 1.67. The number of benzene rings is 2. The third-order valence-corrected chi connectivity index (χ3v) is 6.75. The molecule has 0 radical (unpaired) electrons. The molecule has 31 heavy (non-hydrogen) atoms. The molecule has 5 heteroatoms. The monoisotopic (exact) mass is 415 g/mol. The third-order valence-electron chi connectivity index (χ3n) is 6.75. The van der Waals surface area contributed by atoms with E-state index in [1.165, 1.54) is 5.56 Å². The second-order valence-electron chi connectivity index (χ2n) is 9.07. The molecule has 2 amide bonds. The van der Waals surface area contributed by atoms with Crippen molar-refractivity contribution in [1.29, 1.82) is 0 Å². The normalized spacial score (nSPS) is 21.0. The summed E-state index contributed by atoms with van der Waals surface area (Å²) in [6.07, 6.45) is 1.41. The topological polar surface area (TPSA) is 56.4 Å². The number of aromatic amines is 1. The highest BCUT2D eigenvalue weighted by Crippen LogP contribution is 2.42. The highest BCUT2D eigenvalue weighted by Gasteiger charge is 2.47. The molecule has 2 atom stereocenters. The molecule has 5 rings (SSSR count). The van der Waals surface area contributed by atoms with Crippen LogP contribution in [0, 0.1) is 0 Å². The average molecular weight is 416 g/mol. The zero-order valence-electron chi connectivity index (χ0n) is 18.4. The number of piperazine rings is 1. The van der Waals surface area contributed by atoms with E-state index in [-0.39, 0.29) is 24.4 Å². The van der Waals surface area contributed by atoms with Crippen molar-refractivity contribution < 1.29 is 9.59 Å². The SMILES string of the molecule is CCCN1CC(=O)N2[C@H](c3ccc(C(C)C)cc3)c3[nH]c4ccccc4c3C[C@H]2C1=O. The van der Waals surface area contributed by atoms with Gasteiger partial charge < -0.3 is 14.8 Å². The average Bonchev–Trinajstić information content (AvgIpc) is 3.14. The lowest BCUT2D eigenvalue weighted by Crippen LogP contribution is -2.63. The molecule has 1 N–H and O–H groups in total. The summed E-state index contributed by atoms with van der Waals surface area (Å²) in [7, 11) is 0. The Morgan fingerprint density at radius 1 is 1.06 bits per heavy atom. The molecule has 0 saturated carbocycles. The third kappa shape index (κ3) is 3.14. The Bertz CT molecular complexity index is 1150. The fraction of sp³-hybridized carbons (Fsp3) is 0.385. The van der Waals surface area contributed by atoms with Gasteiger partial charge in [0, 0.05) is 29.6 Å². The van der Waals surface area contributed by atoms with Gasteiger partial charge in [0.2, 0.25) is 11.8 Å². The van der Waals surface area contributed by atoms with Crippen LogP contribution >= 0.6 is 0 Å². The van der Waals surface area contributed by atoms with E-state index in [1.54, 1.807) is 4.90 Å². The van der Waals surface area contributed by atoms with E-state index in [4.69, 9.17) is 0 Å². The van der Waals surface area contributed by atoms with Crippen LogP contribution in [-0.4, -0.2) is 45.7 Å². The summed E-state index contributed by atoms with van der Waals surface area (Å²) in [6, 6.07) is 16.0. The van der Waals surface area contributed by atoms with Gasteiger partial charge in [-0.3, -0.25) is 9.59 Å². The lowest BCUT2D eigenvalue weighted by atomic mass is 9.85. The van der Waals surface area contributed by atoms with E-state index >= 15 is 0 Å². The van der Waals surface area contributed by atoms with Crippen LogP contribution in [0.4, 0.5) is 0 Å². The van der Waals surface area contributed by atoms with Gasteiger partial charge in [-0.05, 0) is 35.1 Å². The number of carbonyl (C=O) groups is 2. The van der Waals surface area contributed by atoms with Gasteiger partial charge in [0.25, 0.3) is 0 Å². The largest absolute Gasteiger partial charge is 0.356 e. The summed E-state index contributed by atoms with van der Waals surface area (Å²) in [5, 5.41) is 1.15. The van der Waals surface area contributed by atoms with E-state index in [2.05, 4.69) is 55.2 Å². The lowest BCUT2D eigenvalue weighted by molar-refractivity contribution is -0.158. The number of H-pyrrole nitrogens is 1. The van der Waals surface area contributed by atoms with Crippen molar-refractivity contribution >= 4 is 22.7 Å². The van der Waals surface area contributed by atoms with Gasteiger partial charge in [0.15, 0.2) is 0 Å². The smallest absolute Gasteiger partial charge is 0.246 e. The first kappa shape index (κ1) is 19.9. The molecular weight excluding hydrogens is 386 g/mol. The molecular formula is C26H29N3O2. The first-order valence-electron chi connectivity index (χ1n) is 11.3. The van der Waals surface area contributed by atoms with Crippen molar-refractivity contribution in [3.8, 4) is 0 Å². The number of hydrogen-bond acceptors (Lipinski definition) is 2. The molecule has 1 aromatic heterocycles. The Hall–Kier alpha value is -3.08. The zero-order valence-corrected chi connectivity index (χ0v) is 18.4. The number of amides is 2. The van der Waals surface area contributed by atoms with Crippen LogP contribution in [0.3, 0.4) is 0 Å². The van der Waals surface area contributed by atoms with E-state index in [0.717, 1.165) is 34.1 Å². The lowest BCUT2D eigenvalue weighted by Gasteiger charge is -2.47. The minimum atomic E-state index is -0.450. The highest BCUT2D eigenvalue weighted by molar-refractivity contribution is 5.97. The fourth-order valence-electron chi connectivity index (χ4n) is 5.19. The number of para-hydroxylation sites is 1. The maximum Gasteiger partial charge on any atom is 0.246 e. The molecule has 0 spiro atoms. The summed E-state index contributed by atoms with van der Waals surface area (Å²) >= 11 is 0. The van der Waals surface area contributed by atoms with E-state index in [0.29, 0.717) is 18.9 Å². The number of fused-ring (bicyclic) bond motifs is 4. The van der Waals surface area contributed by atoms with Crippen molar-refractivity contribution in [3.63, 3.8) is 0 Å². The van der Waals surface area contributed by atoms with Crippen LogP contribution in [-0.2, 0) is 16.0 Å². The summed E-state index contributed by atoms with van der Waals surface area (Å²) in [5.74, 6) is 0.541. The second-order valence-corrected chi connectivity index (χ2v) is 9.07. The first-order chi connectivity index (χ1) is 15.0. The second kappa shape index (κ2) is 7.56. The molecule has 5 nitrogen and oxygen atoms in total. The number of carbonyl (C=O) groups excluding carboxylic acids is 2. The summed E-state index contributed by atoms with van der Waals surface area (Å²) in [4.78, 5) is 33.9. The molecule has 0 aliphatic carbocycles. The molecule has 2 aromatic carbocycles. The van der Waals surface area contributed by atoms with Crippen LogP contribution < -0.4 is 0 Å². The maximum absolute atomic E-state index is 13.4. The standard InChI is InChI=1S/C26H29N3O2/c1-4-13-28-15-23(30)29-22(26(28)31)14-20-19-7-5-6-8-21(19)27-24(20)25(29)18-11-9-17(10-12-18)16(2)3/h5-12,16,22,25,27H,4,13-15H2,1-3H3/t22-,25+/m0/s1. The molecule has 3 heterocycles. The Morgan fingerprint density at radius 3 is 2.52 bits per heavy atom. The molecule has 0 unspecified atom stereocenters. The molecule has 2 aliphatic rings. The number of nitrogens with zero attached hydrogens (tertiary/aromatic N) is 2. The van der Waals surface area contributed by atoms with Crippen LogP contribution in [0.1, 0.15) is 61.5 Å². The molecule has 1 saturated heterocycles. The van der Waals surface area contributed by atoms with Gasteiger partial charge in [0.05, 0.1) is 12.6 Å². The van der Waals surface area contributed by atoms with Crippen LogP contribution in [0.5, 0.6) is 0 Å². The van der Waals surface area contributed by atoms with E-state index in [1.807, 2.05) is 24.0 Å². The van der Waals surface area contributed by atoms with Crippen molar-refractivity contribution in [2.24, 2.45) is 0 Å². The Kier molecular flexibility index (Phi) is 4.84. The van der Waals surface area contributed by atoms with Gasteiger partial charge in [-0.2, -0.15) is 0 Å². The maximum atomic E-state index is 13.4. The van der Waals surface area contributed by atoms with Crippen molar-refractivity contribution in [1.82, 2.24) is 14.8 Å². The summed E-state index contributed by atoms with van der Waals surface area (Å²) in [6.45, 7) is 7.19. The van der Waals surface area contributed by atoms with Crippen molar-refractivity contribution in [3.05, 3.63) is 70.9 Å². The number of hydrogen-bond donors (Lipinski definition) is 1. The minimum Gasteiger partial charge on any atom is -0.356 e. The molecule has 3 aromatic rings. The number of nitrogens with one attached hydrogen (secondary N) is 1. The van der Waals surface area contributed by atoms with Crippen LogP contribution in [0.25, 0.3) is 10.9 Å². The molecule has 1 fully saturated rings. The predicted octanol–water partition coefficient (Wildman–Crippen LogP) is 4.39. The van der Waals surface area contributed by atoms with E-state index < -0.39 is 6.04 Å². The van der Waals surface area contributed by atoms with Gasteiger partial charge in [-0.15, -0.1) is 0 Å². The van der Waals surface area contributed by atoms with E-state index in [9.17, 15) is 9.59 Å².